The van der Waals surface area contributed by atoms with E-state index in [1.54, 1.807) is 0 Å². The van der Waals surface area contributed by atoms with Gasteiger partial charge in [-0.2, -0.15) is 0 Å². The van der Waals surface area contributed by atoms with Crippen LogP contribution in [0, 0.1) is 0 Å². The second kappa shape index (κ2) is 7.50. The highest BCUT2D eigenvalue weighted by Crippen LogP contribution is 2.33. The molecule has 0 heterocycles. The molecule has 0 bridgehead atoms. The van der Waals surface area contributed by atoms with Crippen molar-refractivity contribution >= 4 is 46.5 Å². The number of carbonyl (C=O) groups is 2. The fraction of sp³-hybridized carbons (Fsp3) is 0.125. The summed E-state index contributed by atoms with van der Waals surface area (Å²) in [5.74, 6) is -1.49. The van der Waals surface area contributed by atoms with Gasteiger partial charge >= 0.3 is 5.97 Å². The first-order valence-electron chi connectivity index (χ1n) is 6.83. The molecular formula is C16H14Cl2N2O5. The van der Waals surface area contributed by atoms with Crippen LogP contribution in [0.15, 0.2) is 24.3 Å². The number of nitrogen functional groups attached to an aromatic ring is 1. The lowest BCUT2D eigenvalue weighted by Crippen LogP contribution is -2.14. The Morgan fingerprint density at radius 3 is 2.12 bits per heavy atom. The van der Waals surface area contributed by atoms with Gasteiger partial charge in [0.25, 0.3) is 5.91 Å². The first kappa shape index (κ1) is 18.7. The van der Waals surface area contributed by atoms with E-state index in [1.165, 1.54) is 38.5 Å². The number of carboxylic acid groups (broad SMARTS) is 1. The third-order valence-electron chi connectivity index (χ3n) is 3.33. The maximum Gasteiger partial charge on any atom is 0.339 e. The Labute approximate surface area is 153 Å². The molecule has 4 N–H and O–H groups in total. The third kappa shape index (κ3) is 3.89. The Bertz CT molecular complexity index is 855. The van der Waals surface area contributed by atoms with Gasteiger partial charge in [0, 0.05) is 12.1 Å². The number of carboxylic acids is 1. The van der Waals surface area contributed by atoms with E-state index in [4.69, 9.17) is 43.5 Å². The summed E-state index contributed by atoms with van der Waals surface area (Å²) in [5, 5.41) is 11.9. The number of nitrogens with two attached hydrogens (primary N) is 1. The summed E-state index contributed by atoms with van der Waals surface area (Å²) in [6, 6.07) is 5.29. The van der Waals surface area contributed by atoms with Crippen molar-refractivity contribution in [1.82, 2.24) is 0 Å². The Kier molecular flexibility index (Phi) is 5.61. The molecule has 0 unspecified atom stereocenters. The third-order valence-corrected chi connectivity index (χ3v) is 3.97. The number of hydrogen-bond donors (Lipinski definition) is 3. The predicted molar refractivity (Wildman–Crippen MR) is 95.3 cm³/mol. The molecule has 0 saturated carbocycles. The van der Waals surface area contributed by atoms with Crippen LogP contribution in [-0.4, -0.2) is 31.2 Å². The minimum atomic E-state index is -1.20. The van der Waals surface area contributed by atoms with Crippen molar-refractivity contribution in [3.63, 3.8) is 0 Å². The van der Waals surface area contributed by atoms with Crippen molar-refractivity contribution in [1.29, 1.82) is 0 Å². The lowest BCUT2D eigenvalue weighted by atomic mass is 10.1. The molecule has 0 aliphatic heterocycles. The number of hydrogen-bond acceptors (Lipinski definition) is 5. The lowest BCUT2D eigenvalue weighted by molar-refractivity contribution is 0.0693. The van der Waals surface area contributed by atoms with Crippen LogP contribution >= 0.6 is 23.2 Å². The first-order valence-corrected chi connectivity index (χ1v) is 7.59. The monoisotopic (exact) mass is 384 g/mol. The van der Waals surface area contributed by atoms with E-state index in [9.17, 15) is 9.59 Å². The van der Waals surface area contributed by atoms with Gasteiger partial charge in [-0.15, -0.1) is 0 Å². The van der Waals surface area contributed by atoms with Gasteiger partial charge in [-0.3, -0.25) is 4.79 Å². The van der Waals surface area contributed by atoms with Crippen LogP contribution in [0.1, 0.15) is 20.7 Å². The zero-order valence-electron chi connectivity index (χ0n) is 13.2. The van der Waals surface area contributed by atoms with Crippen LogP contribution < -0.4 is 20.5 Å². The molecule has 0 aliphatic carbocycles. The largest absolute Gasteiger partial charge is 0.496 e. The standard InChI is InChI=1S/C16H14Cl2N2O5/c1-24-13-5-11(19)9(17)3-7(13)15(21)20-12-6-14(25-2)8(16(22)23)4-10(12)18/h3-6H,19H2,1-2H3,(H,20,21)(H,22,23). The maximum atomic E-state index is 12.5. The van der Waals surface area contributed by atoms with Gasteiger partial charge in [-0.1, -0.05) is 23.2 Å². The molecule has 2 rings (SSSR count). The summed E-state index contributed by atoms with van der Waals surface area (Å²) < 4.78 is 10.1. The van der Waals surface area contributed by atoms with Crippen LogP contribution in [0.4, 0.5) is 11.4 Å². The maximum absolute atomic E-state index is 12.5. The number of anilines is 2. The average molecular weight is 385 g/mol. The molecule has 132 valence electrons. The molecule has 9 heteroatoms. The zero-order chi connectivity index (χ0) is 18.7. The molecule has 0 saturated heterocycles. The molecule has 2 aromatic rings. The Morgan fingerprint density at radius 1 is 1.00 bits per heavy atom. The summed E-state index contributed by atoms with van der Waals surface area (Å²) in [7, 11) is 2.70. The SMILES string of the molecule is COc1cc(NC(=O)c2cc(Cl)c(N)cc2OC)c(Cl)cc1C(=O)O. The van der Waals surface area contributed by atoms with E-state index in [-0.39, 0.29) is 44.0 Å². The number of carbonyl (C=O) groups excluding carboxylic acids is 1. The van der Waals surface area contributed by atoms with Crippen LogP contribution in [-0.2, 0) is 0 Å². The van der Waals surface area contributed by atoms with E-state index >= 15 is 0 Å². The molecule has 0 aliphatic rings. The minimum absolute atomic E-state index is 0.0343. The Balaban J connectivity index is 2.42. The molecule has 0 atom stereocenters. The van der Waals surface area contributed by atoms with Crippen LogP contribution in [0.5, 0.6) is 11.5 Å². The number of benzene rings is 2. The molecular weight excluding hydrogens is 371 g/mol. The number of rotatable bonds is 5. The molecule has 7 nitrogen and oxygen atoms in total. The van der Waals surface area contributed by atoms with Crippen LogP contribution in [0.3, 0.4) is 0 Å². The van der Waals surface area contributed by atoms with Crippen molar-refractivity contribution in [3.05, 3.63) is 45.4 Å². The van der Waals surface area contributed by atoms with E-state index in [0.29, 0.717) is 0 Å². The van der Waals surface area contributed by atoms with E-state index in [2.05, 4.69) is 5.32 Å². The first-order chi connectivity index (χ1) is 11.8. The molecule has 0 aromatic heterocycles. The summed E-state index contributed by atoms with van der Waals surface area (Å²) >= 11 is 12.0. The number of amides is 1. The zero-order valence-corrected chi connectivity index (χ0v) is 14.7. The van der Waals surface area contributed by atoms with E-state index in [0.717, 1.165) is 0 Å². The number of methoxy groups -OCH3 is 2. The molecule has 25 heavy (non-hydrogen) atoms. The molecule has 2 aromatic carbocycles. The highest BCUT2D eigenvalue weighted by Gasteiger charge is 2.19. The topological polar surface area (TPSA) is 111 Å². The normalized spacial score (nSPS) is 10.2. The van der Waals surface area contributed by atoms with Crippen molar-refractivity contribution < 1.29 is 24.2 Å². The molecule has 1 amide bonds. The number of ether oxygens (including phenoxy) is 2. The summed E-state index contributed by atoms with van der Waals surface area (Å²) in [5.41, 5.74) is 6.13. The highest BCUT2D eigenvalue weighted by atomic mass is 35.5. The van der Waals surface area contributed by atoms with Crippen molar-refractivity contribution in [3.8, 4) is 11.5 Å². The van der Waals surface area contributed by atoms with Gasteiger partial charge in [-0.05, 0) is 12.1 Å². The number of nitrogens with one attached hydrogen (secondary N) is 1. The van der Waals surface area contributed by atoms with Gasteiger partial charge in [0.2, 0.25) is 0 Å². The second-order valence-corrected chi connectivity index (χ2v) is 5.68. The van der Waals surface area contributed by atoms with Crippen molar-refractivity contribution in [2.75, 3.05) is 25.3 Å². The van der Waals surface area contributed by atoms with Gasteiger partial charge in [0.05, 0.1) is 41.2 Å². The summed E-state index contributed by atoms with van der Waals surface area (Å²) in [4.78, 5) is 23.7. The number of halogens is 2. The lowest BCUT2D eigenvalue weighted by Gasteiger charge is -2.14. The fourth-order valence-electron chi connectivity index (χ4n) is 2.09. The average Bonchev–Trinajstić information content (AvgIpc) is 2.57. The molecule has 0 fully saturated rings. The second-order valence-electron chi connectivity index (χ2n) is 4.87. The minimum Gasteiger partial charge on any atom is -0.496 e. The molecule has 0 spiro atoms. The summed E-state index contributed by atoms with van der Waals surface area (Å²) in [6.07, 6.45) is 0. The predicted octanol–water partition coefficient (Wildman–Crippen LogP) is 3.54. The number of aromatic carboxylic acids is 1. The van der Waals surface area contributed by atoms with E-state index in [1.807, 2.05) is 0 Å². The smallest absolute Gasteiger partial charge is 0.339 e. The van der Waals surface area contributed by atoms with Gasteiger partial charge in [-0.25, -0.2) is 4.79 Å². The Morgan fingerprint density at radius 2 is 1.56 bits per heavy atom. The van der Waals surface area contributed by atoms with Crippen LogP contribution in [0.25, 0.3) is 0 Å². The van der Waals surface area contributed by atoms with Gasteiger partial charge in [0.15, 0.2) is 0 Å². The van der Waals surface area contributed by atoms with Crippen molar-refractivity contribution in [2.45, 2.75) is 0 Å². The van der Waals surface area contributed by atoms with Gasteiger partial charge in [0.1, 0.15) is 17.1 Å². The highest BCUT2D eigenvalue weighted by molar-refractivity contribution is 6.35. The van der Waals surface area contributed by atoms with E-state index < -0.39 is 11.9 Å². The quantitative estimate of drug-likeness (QED) is 0.679. The molecule has 0 radical (unpaired) electrons. The summed E-state index contributed by atoms with van der Waals surface area (Å²) in [6.45, 7) is 0. The van der Waals surface area contributed by atoms with Crippen LogP contribution in [0.2, 0.25) is 10.0 Å². The van der Waals surface area contributed by atoms with Gasteiger partial charge < -0.3 is 25.6 Å². The Hall–Kier alpha value is -2.64. The fourth-order valence-corrected chi connectivity index (χ4v) is 2.46. The van der Waals surface area contributed by atoms with Crippen molar-refractivity contribution in [2.24, 2.45) is 0 Å².